The summed E-state index contributed by atoms with van der Waals surface area (Å²) >= 11 is 0. The predicted molar refractivity (Wildman–Crippen MR) is 59.1 cm³/mol. The van der Waals surface area contributed by atoms with Gasteiger partial charge < -0.3 is 10.3 Å². The number of hydrogen-bond acceptors (Lipinski definition) is 2. The number of nitrogens with two attached hydrogens (primary N) is 1. The normalized spacial score (nSPS) is 11.1. The van der Waals surface area contributed by atoms with Crippen LogP contribution >= 0.6 is 0 Å². The van der Waals surface area contributed by atoms with E-state index < -0.39 is 0 Å². The van der Waals surface area contributed by atoms with E-state index in [9.17, 15) is 0 Å². The molecular formula is C11H21N3. The van der Waals surface area contributed by atoms with Gasteiger partial charge in [0.05, 0.1) is 6.33 Å². The van der Waals surface area contributed by atoms with E-state index in [-0.39, 0.29) is 0 Å². The molecule has 1 aromatic rings. The van der Waals surface area contributed by atoms with Crippen molar-refractivity contribution in [1.29, 1.82) is 0 Å². The summed E-state index contributed by atoms with van der Waals surface area (Å²) in [4.78, 5) is 4.17. The zero-order chi connectivity index (χ0) is 10.4. The molecule has 0 atom stereocenters. The molecule has 2 N–H and O–H groups in total. The van der Waals surface area contributed by atoms with Gasteiger partial charge in [0.25, 0.3) is 0 Å². The molecule has 0 spiro atoms. The van der Waals surface area contributed by atoms with Crippen LogP contribution < -0.4 is 5.73 Å². The van der Waals surface area contributed by atoms with E-state index in [1.165, 1.54) is 18.5 Å². The van der Waals surface area contributed by atoms with Gasteiger partial charge in [0.15, 0.2) is 0 Å². The minimum Gasteiger partial charge on any atom is -0.334 e. The second-order valence-corrected chi connectivity index (χ2v) is 3.76. The van der Waals surface area contributed by atoms with Crippen molar-refractivity contribution in [2.75, 3.05) is 6.54 Å². The van der Waals surface area contributed by atoms with E-state index in [0.29, 0.717) is 6.54 Å². The van der Waals surface area contributed by atoms with Gasteiger partial charge in [-0.15, -0.1) is 0 Å². The van der Waals surface area contributed by atoms with E-state index in [1.807, 2.05) is 12.5 Å². The van der Waals surface area contributed by atoms with Gasteiger partial charge >= 0.3 is 0 Å². The molecule has 0 fully saturated rings. The average molecular weight is 195 g/mol. The number of imidazole rings is 1. The topological polar surface area (TPSA) is 43.8 Å². The predicted octanol–water partition coefficient (Wildman–Crippen LogP) is 1.82. The van der Waals surface area contributed by atoms with E-state index in [2.05, 4.69) is 23.4 Å². The van der Waals surface area contributed by atoms with Gasteiger partial charge in [0.2, 0.25) is 0 Å². The maximum absolute atomic E-state index is 5.54. The number of hydrogen-bond donors (Lipinski definition) is 1. The lowest BCUT2D eigenvalue weighted by Crippen LogP contribution is -2.13. The molecule has 1 heterocycles. The molecule has 0 aliphatic heterocycles. The Morgan fingerprint density at radius 2 is 2.14 bits per heavy atom. The van der Waals surface area contributed by atoms with Crippen molar-refractivity contribution in [2.45, 2.75) is 39.7 Å². The van der Waals surface area contributed by atoms with E-state index in [4.69, 9.17) is 5.73 Å². The number of rotatable bonds is 6. The summed E-state index contributed by atoms with van der Waals surface area (Å²) < 4.78 is 2.24. The van der Waals surface area contributed by atoms with Crippen molar-refractivity contribution >= 4 is 0 Å². The minimum atomic E-state index is 0.703. The lowest BCUT2D eigenvalue weighted by molar-refractivity contribution is 0.412. The SMILES string of the molecule is CCC(CC)Cn1cncc1CCN. The van der Waals surface area contributed by atoms with E-state index in [1.54, 1.807) is 0 Å². The Kier molecular flexibility index (Phi) is 4.66. The van der Waals surface area contributed by atoms with Gasteiger partial charge in [-0.25, -0.2) is 4.98 Å². The van der Waals surface area contributed by atoms with Crippen LogP contribution in [0.5, 0.6) is 0 Å². The third kappa shape index (κ3) is 2.84. The largest absolute Gasteiger partial charge is 0.334 e. The quantitative estimate of drug-likeness (QED) is 0.752. The van der Waals surface area contributed by atoms with Gasteiger partial charge in [0.1, 0.15) is 0 Å². The van der Waals surface area contributed by atoms with Crippen molar-refractivity contribution in [3.63, 3.8) is 0 Å². The molecule has 0 saturated heterocycles. The van der Waals surface area contributed by atoms with E-state index in [0.717, 1.165) is 18.9 Å². The molecule has 0 amide bonds. The number of nitrogens with zero attached hydrogens (tertiary/aromatic N) is 2. The highest BCUT2D eigenvalue weighted by atomic mass is 15.0. The first kappa shape index (κ1) is 11.2. The summed E-state index contributed by atoms with van der Waals surface area (Å²) in [5.74, 6) is 0.765. The Bertz CT molecular complexity index is 251. The van der Waals surface area contributed by atoms with Gasteiger partial charge in [-0.05, 0) is 12.5 Å². The highest BCUT2D eigenvalue weighted by Gasteiger charge is 2.07. The number of aromatic nitrogens is 2. The van der Waals surface area contributed by atoms with Crippen molar-refractivity contribution in [3.8, 4) is 0 Å². The van der Waals surface area contributed by atoms with Crippen LogP contribution in [0.2, 0.25) is 0 Å². The molecule has 1 aromatic heterocycles. The van der Waals surface area contributed by atoms with Crippen molar-refractivity contribution in [1.82, 2.24) is 9.55 Å². The Labute approximate surface area is 86.3 Å². The molecule has 3 heteroatoms. The highest BCUT2D eigenvalue weighted by molar-refractivity contribution is 4.99. The standard InChI is InChI=1S/C11H21N3/c1-3-10(4-2)8-14-9-13-7-11(14)5-6-12/h7,9-10H,3-6,8,12H2,1-2H3. The summed E-state index contributed by atoms with van der Waals surface area (Å²) in [6.07, 6.45) is 7.24. The van der Waals surface area contributed by atoms with Crippen LogP contribution in [0, 0.1) is 5.92 Å². The zero-order valence-corrected chi connectivity index (χ0v) is 9.24. The maximum Gasteiger partial charge on any atom is 0.0948 e. The van der Waals surface area contributed by atoms with Crippen molar-refractivity contribution in [3.05, 3.63) is 18.2 Å². The Morgan fingerprint density at radius 1 is 1.43 bits per heavy atom. The second kappa shape index (κ2) is 5.81. The monoisotopic (exact) mass is 195 g/mol. The summed E-state index contributed by atoms with van der Waals surface area (Å²) in [5.41, 5.74) is 6.81. The third-order valence-corrected chi connectivity index (χ3v) is 2.81. The Balaban J connectivity index is 2.60. The van der Waals surface area contributed by atoms with E-state index >= 15 is 0 Å². The highest BCUT2D eigenvalue weighted by Crippen LogP contribution is 2.12. The summed E-state index contributed by atoms with van der Waals surface area (Å²) in [6.45, 7) is 6.28. The lowest BCUT2D eigenvalue weighted by atomic mass is 10.0. The molecule has 0 aliphatic carbocycles. The molecular weight excluding hydrogens is 174 g/mol. The Hall–Kier alpha value is -0.830. The molecule has 80 valence electrons. The van der Waals surface area contributed by atoms with Crippen LogP contribution in [-0.2, 0) is 13.0 Å². The van der Waals surface area contributed by atoms with Crippen LogP contribution in [0.1, 0.15) is 32.4 Å². The second-order valence-electron chi connectivity index (χ2n) is 3.76. The molecule has 3 nitrogen and oxygen atoms in total. The fourth-order valence-electron chi connectivity index (χ4n) is 1.69. The van der Waals surface area contributed by atoms with Crippen molar-refractivity contribution in [2.24, 2.45) is 11.7 Å². The Morgan fingerprint density at radius 3 is 2.71 bits per heavy atom. The first-order valence-electron chi connectivity index (χ1n) is 5.50. The summed E-state index contributed by atoms with van der Waals surface area (Å²) in [7, 11) is 0. The van der Waals surface area contributed by atoms with Crippen LogP contribution in [0.3, 0.4) is 0 Å². The fourth-order valence-corrected chi connectivity index (χ4v) is 1.69. The van der Waals surface area contributed by atoms with Crippen molar-refractivity contribution < 1.29 is 0 Å². The molecule has 0 saturated carbocycles. The molecule has 0 radical (unpaired) electrons. The van der Waals surface area contributed by atoms with Crippen LogP contribution in [0.25, 0.3) is 0 Å². The minimum absolute atomic E-state index is 0.703. The molecule has 0 unspecified atom stereocenters. The summed E-state index contributed by atoms with van der Waals surface area (Å²) in [6, 6.07) is 0. The van der Waals surface area contributed by atoms with Gasteiger partial charge in [0, 0.05) is 24.9 Å². The lowest BCUT2D eigenvalue weighted by Gasteiger charge is -2.14. The van der Waals surface area contributed by atoms with Crippen LogP contribution in [-0.4, -0.2) is 16.1 Å². The van der Waals surface area contributed by atoms with Gasteiger partial charge in [-0.1, -0.05) is 26.7 Å². The van der Waals surface area contributed by atoms with Crippen LogP contribution in [0.4, 0.5) is 0 Å². The molecule has 0 aliphatic rings. The average Bonchev–Trinajstić information content (AvgIpc) is 2.62. The first-order chi connectivity index (χ1) is 6.81. The van der Waals surface area contributed by atoms with Gasteiger partial charge in [-0.2, -0.15) is 0 Å². The third-order valence-electron chi connectivity index (χ3n) is 2.81. The maximum atomic E-state index is 5.54. The smallest absolute Gasteiger partial charge is 0.0948 e. The fraction of sp³-hybridized carbons (Fsp3) is 0.727. The zero-order valence-electron chi connectivity index (χ0n) is 9.24. The van der Waals surface area contributed by atoms with Gasteiger partial charge in [-0.3, -0.25) is 0 Å². The first-order valence-corrected chi connectivity index (χ1v) is 5.50. The molecule has 1 rings (SSSR count). The molecule has 0 aromatic carbocycles. The molecule has 0 bridgehead atoms. The summed E-state index contributed by atoms with van der Waals surface area (Å²) in [5, 5.41) is 0. The molecule has 14 heavy (non-hydrogen) atoms. The van der Waals surface area contributed by atoms with Crippen LogP contribution in [0.15, 0.2) is 12.5 Å².